The molecule has 1 aromatic carbocycles. The zero-order valence-corrected chi connectivity index (χ0v) is 8.72. The van der Waals surface area contributed by atoms with E-state index in [9.17, 15) is 0 Å². The maximum atomic E-state index is 5.52. The average Bonchev–Trinajstić information content (AvgIpc) is 2.67. The molecule has 4 nitrogen and oxygen atoms in total. The molecule has 0 spiro atoms. The summed E-state index contributed by atoms with van der Waals surface area (Å²) in [6, 6.07) is 8.10. The SMILES string of the molecule is Cc1ccccc1-n1ncnc1CCN. The summed E-state index contributed by atoms with van der Waals surface area (Å²) in [6.07, 6.45) is 2.31. The van der Waals surface area contributed by atoms with Crippen molar-refractivity contribution in [3.8, 4) is 5.69 Å². The molecule has 0 amide bonds. The lowest BCUT2D eigenvalue weighted by molar-refractivity contribution is 0.772. The molecule has 0 saturated carbocycles. The lowest BCUT2D eigenvalue weighted by Gasteiger charge is -2.07. The van der Waals surface area contributed by atoms with Gasteiger partial charge in [-0.25, -0.2) is 9.67 Å². The Morgan fingerprint density at radius 2 is 2.13 bits per heavy atom. The molecule has 1 heterocycles. The molecule has 2 N–H and O–H groups in total. The Morgan fingerprint density at radius 3 is 2.87 bits per heavy atom. The second-order valence-corrected chi connectivity index (χ2v) is 3.41. The van der Waals surface area contributed by atoms with E-state index in [0.29, 0.717) is 6.54 Å². The molecule has 0 bridgehead atoms. The summed E-state index contributed by atoms with van der Waals surface area (Å²) in [4.78, 5) is 4.20. The largest absolute Gasteiger partial charge is 0.330 e. The van der Waals surface area contributed by atoms with Gasteiger partial charge in [0.2, 0.25) is 0 Å². The molecule has 2 aromatic rings. The van der Waals surface area contributed by atoms with E-state index in [1.54, 1.807) is 6.33 Å². The van der Waals surface area contributed by atoms with Crippen molar-refractivity contribution in [2.75, 3.05) is 6.54 Å². The van der Waals surface area contributed by atoms with Crippen molar-refractivity contribution in [2.45, 2.75) is 13.3 Å². The summed E-state index contributed by atoms with van der Waals surface area (Å²) in [5.74, 6) is 0.909. The normalized spacial score (nSPS) is 10.5. The van der Waals surface area contributed by atoms with Gasteiger partial charge in [0, 0.05) is 6.42 Å². The van der Waals surface area contributed by atoms with Crippen LogP contribution in [0.25, 0.3) is 5.69 Å². The lowest BCUT2D eigenvalue weighted by Crippen LogP contribution is -2.10. The van der Waals surface area contributed by atoms with Crippen LogP contribution in [-0.4, -0.2) is 21.3 Å². The smallest absolute Gasteiger partial charge is 0.138 e. The van der Waals surface area contributed by atoms with Crippen LogP contribution in [0.1, 0.15) is 11.4 Å². The molecule has 1 aromatic heterocycles. The van der Waals surface area contributed by atoms with Gasteiger partial charge < -0.3 is 5.73 Å². The minimum atomic E-state index is 0.588. The average molecular weight is 202 g/mol. The molecule has 0 aliphatic carbocycles. The van der Waals surface area contributed by atoms with Gasteiger partial charge in [-0.05, 0) is 25.1 Å². The van der Waals surface area contributed by atoms with Gasteiger partial charge in [0.05, 0.1) is 5.69 Å². The number of nitrogens with two attached hydrogens (primary N) is 1. The zero-order valence-electron chi connectivity index (χ0n) is 8.72. The predicted octanol–water partition coefficient (Wildman–Crippen LogP) is 1.08. The number of aromatic nitrogens is 3. The summed E-state index contributed by atoms with van der Waals surface area (Å²) >= 11 is 0. The number of rotatable bonds is 3. The van der Waals surface area contributed by atoms with E-state index < -0.39 is 0 Å². The third-order valence-electron chi connectivity index (χ3n) is 2.33. The fraction of sp³-hybridized carbons (Fsp3) is 0.273. The van der Waals surface area contributed by atoms with E-state index in [-0.39, 0.29) is 0 Å². The molecule has 78 valence electrons. The molecular weight excluding hydrogens is 188 g/mol. The van der Waals surface area contributed by atoms with Gasteiger partial charge in [-0.15, -0.1) is 0 Å². The first-order chi connectivity index (χ1) is 7.33. The highest BCUT2D eigenvalue weighted by Gasteiger charge is 2.06. The van der Waals surface area contributed by atoms with Gasteiger partial charge in [0.25, 0.3) is 0 Å². The van der Waals surface area contributed by atoms with Crippen LogP contribution < -0.4 is 5.73 Å². The Hall–Kier alpha value is -1.68. The summed E-state index contributed by atoms with van der Waals surface area (Å²) in [7, 11) is 0. The van der Waals surface area contributed by atoms with Crippen molar-refractivity contribution in [2.24, 2.45) is 5.73 Å². The van der Waals surface area contributed by atoms with Crippen LogP contribution in [0.2, 0.25) is 0 Å². The van der Waals surface area contributed by atoms with Crippen LogP contribution in [0.15, 0.2) is 30.6 Å². The van der Waals surface area contributed by atoms with Gasteiger partial charge in [-0.1, -0.05) is 18.2 Å². The van der Waals surface area contributed by atoms with Crippen LogP contribution in [0.5, 0.6) is 0 Å². The van der Waals surface area contributed by atoms with Gasteiger partial charge in [-0.3, -0.25) is 0 Å². The molecule has 4 heteroatoms. The lowest BCUT2D eigenvalue weighted by atomic mass is 10.2. The Labute approximate surface area is 88.8 Å². The monoisotopic (exact) mass is 202 g/mol. The highest BCUT2D eigenvalue weighted by molar-refractivity contribution is 5.39. The molecule has 2 rings (SSSR count). The fourth-order valence-electron chi connectivity index (χ4n) is 1.57. The van der Waals surface area contributed by atoms with Crippen LogP contribution in [0, 0.1) is 6.92 Å². The third kappa shape index (κ3) is 1.89. The maximum absolute atomic E-state index is 5.52. The molecule has 0 fully saturated rings. The van der Waals surface area contributed by atoms with E-state index in [1.807, 2.05) is 22.9 Å². The number of aryl methyl sites for hydroxylation is 1. The standard InChI is InChI=1S/C11H14N4/c1-9-4-2-3-5-10(9)15-11(6-7-12)13-8-14-15/h2-5,8H,6-7,12H2,1H3. The number of nitrogens with zero attached hydrogens (tertiary/aromatic N) is 3. The van der Waals surface area contributed by atoms with Gasteiger partial charge >= 0.3 is 0 Å². The molecule has 0 saturated heterocycles. The van der Waals surface area contributed by atoms with Crippen LogP contribution >= 0.6 is 0 Å². The van der Waals surface area contributed by atoms with Gasteiger partial charge in [0.1, 0.15) is 12.2 Å². The van der Waals surface area contributed by atoms with Crippen molar-refractivity contribution < 1.29 is 0 Å². The first-order valence-corrected chi connectivity index (χ1v) is 4.98. The minimum Gasteiger partial charge on any atom is -0.330 e. The van der Waals surface area contributed by atoms with Crippen molar-refractivity contribution in [3.05, 3.63) is 42.0 Å². The van der Waals surface area contributed by atoms with Crippen molar-refractivity contribution >= 4 is 0 Å². The van der Waals surface area contributed by atoms with E-state index in [0.717, 1.165) is 17.9 Å². The molecule has 15 heavy (non-hydrogen) atoms. The topological polar surface area (TPSA) is 56.7 Å². The van der Waals surface area contributed by atoms with E-state index in [2.05, 4.69) is 23.1 Å². The first kappa shape index (κ1) is 9.86. The summed E-state index contributed by atoms with van der Waals surface area (Å²) < 4.78 is 1.85. The summed E-state index contributed by atoms with van der Waals surface area (Å²) in [5.41, 5.74) is 7.77. The minimum absolute atomic E-state index is 0.588. The zero-order chi connectivity index (χ0) is 10.7. The van der Waals surface area contributed by atoms with Crippen molar-refractivity contribution in [3.63, 3.8) is 0 Å². The van der Waals surface area contributed by atoms with Crippen LogP contribution in [0.4, 0.5) is 0 Å². The Bertz CT molecular complexity index is 447. The quantitative estimate of drug-likeness (QED) is 0.810. The van der Waals surface area contributed by atoms with E-state index in [4.69, 9.17) is 5.73 Å². The number of hydrogen-bond donors (Lipinski definition) is 1. The Kier molecular flexibility index (Phi) is 2.78. The van der Waals surface area contributed by atoms with Crippen LogP contribution in [0.3, 0.4) is 0 Å². The summed E-state index contributed by atoms with van der Waals surface area (Å²) in [5, 5.41) is 4.22. The van der Waals surface area contributed by atoms with Gasteiger partial charge in [0.15, 0.2) is 0 Å². The second kappa shape index (κ2) is 4.23. The Morgan fingerprint density at radius 1 is 1.33 bits per heavy atom. The highest BCUT2D eigenvalue weighted by atomic mass is 15.3. The number of hydrogen-bond acceptors (Lipinski definition) is 3. The van der Waals surface area contributed by atoms with Crippen molar-refractivity contribution in [1.29, 1.82) is 0 Å². The Balaban J connectivity index is 2.45. The number of para-hydroxylation sites is 1. The predicted molar refractivity (Wildman–Crippen MR) is 58.9 cm³/mol. The molecular formula is C11H14N4. The maximum Gasteiger partial charge on any atom is 0.138 e. The van der Waals surface area contributed by atoms with Crippen LogP contribution in [-0.2, 0) is 6.42 Å². The van der Waals surface area contributed by atoms with Crippen molar-refractivity contribution in [1.82, 2.24) is 14.8 Å². The van der Waals surface area contributed by atoms with E-state index >= 15 is 0 Å². The highest BCUT2D eigenvalue weighted by Crippen LogP contribution is 2.13. The van der Waals surface area contributed by atoms with Gasteiger partial charge in [-0.2, -0.15) is 5.10 Å². The molecule has 0 unspecified atom stereocenters. The molecule has 0 aliphatic heterocycles. The molecule has 0 aliphatic rings. The third-order valence-corrected chi connectivity index (χ3v) is 2.33. The fourth-order valence-corrected chi connectivity index (χ4v) is 1.57. The first-order valence-electron chi connectivity index (χ1n) is 4.98. The van der Waals surface area contributed by atoms with E-state index in [1.165, 1.54) is 5.56 Å². The molecule has 0 radical (unpaired) electrons. The second-order valence-electron chi connectivity index (χ2n) is 3.41. The number of benzene rings is 1. The summed E-state index contributed by atoms with van der Waals surface area (Å²) in [6.45, 7) is 2.65. The molecule has 0 atom stereocenters.